The van der Waals surface area contributed by atoms with Crippen LogP contribution in [0.2, 0.25) is 0 Å². The molecule has 18 heavy (non-hydrogen) atoms. The summed E-state index contributed by atoms with van der Waals surface area (Å²) in [7, 11) is 0. The fraction of sp³-hybridized carbons (Fsp3) is 0.846. The van der Waals surface area contributed by atoms with E-state index in [1.54, 1.807) is 4.90 Å². The number of amides is 2. The van der Waals surface area contributed by atoms with Gasteiger partial charge in [-0.2, -0.15) is 0 Å². The van der Waals surface area contributed by atoms with E-state index in [-0.39, 0.29) is 11.8 Å². The van der Waals surface area contributed by atoms with E-state index in [0.29, 0.717) is 25.6 Å². The summed E-state index contributed by atoms with van der Waals surface area (Å²) in [6.07, 6.45) is 7.48. The van der Waals surface area contributed by atoms with Gasteiger partial charge in [0.05, 0.1) is 6.54 Å². The molecule has 0 bridgehead atoms. The van der Waals surface area contributed by atoms with Crippen molar-refractivity contribution in [3.63, 3.8) is 0 Å². The van der Waals surface area contributed by atoms with Gasteiger partial charge in [0.2, 0.25) is 11.8 Å². The second-order valence-corrected chi connectivity index (χ2v) is 5.36. The number of hydrogen-bond acceptors (Lipinski definition) is 3. The van der Waals surface area contributed by atoms with Crippen LogP contribution in [0.4, 0.5) is 0 Å². The largest absolute Gasteiger partial charge is 0.368 e. The lowest BCUT2D eigenvalue weighted by molar-refractivity contribution is -0.140. The molecule has 1 aliphatic heterocycles. The van der Waals surface area contributed by atoms with Gasteiger partial charge in [0.1, 0.15) is 6.04 Å². The average Bonchev–Trinajstić information content (AvgIpc) is 2.89. The fourth-order valence-electron chi connectivity index (χ4n) is 2.99. The molecule has 0 aromatic rings. The Hall–Kier alpha value is -1.10. The highest BCUT2D eigenvalue weighted by atomic mass is 16.2. The van der Waals surface area contributed by atoms with Crippen molar-refractivity contribution in [2.75, 3.05) is 13.1 Å². The molecule has 2 rings (SSSR count). The van der Waals surface area contributed by atoms with Crippen LogP contribution in [0.1, 0.15) is 44.9 Å². The first-order valence-corrected chi connectivity index (χ1v) is 7.00. The summed E-state index contributed by atoms with van der Waals surface area (Å²) >= 11 is 0. The van der Waals surface area contributed by atoms with Crippen LogP contribution in [0.25, 0.3) is 0 Å². The van der Waals surface area contributed by atoms with Crippen molar-refractivity contribution in [3.8, 4) is 0 Å². The van der Waals surface area contributed by atoms with Crippen molar-refractivity contribution in [1.29, 1.82) is 0 Å². The zero-order chi connectivity index (χ0) is 13.0. The summed E-state index contributed by atoms with van der Waals surface area (Å²) < 4.78 is 0. The Balaban J connectivity index is 1.83. The van der Waals surface area contributed by atoms with Gasteiger partial charge in [-0.1, -0.05) is 12.8 Å². The molecule has 1 unspecified atom stereocenters. The van der Waals surface area contributed by atoms with Crippen LogP contribution in [0.15, 0.2) is 0 Å². The lowest BCUT2D eigenvalue weighted by atomic mass is 10.0. The normalized spacial score (nSPS) is 25.3. The molecule has 2 fully saturated rings. The molecule has 1 saturated heterocycles. The third kappa shape index (κ3) is 3.22. The van der Waals surface area contributed by atoms with Crippen molar-refractivity contribution in [2.24, 2.45) is 5.73 Å². The number of primary amides is 1. The number of nitrogens with two attached hydrogens (primary N) is 1. The van der Waals surface area contributed by atoms with Crippen LogP contribution in [0.5, 0.6) is 0 Å². The Morgan fingerprint density at radius 2 is 1.78 bits per heavy atom. The summed E-state index contributed by atoms with van der Waals surface area (Å²) in [5.74, 6) is -0.352. The number of hydrogen-bond donors (Lipinski definition) is 2. The first kappa shape index (κ1) is 13.3. The monoisotopic (exact) mass is 253 g/mol. The van der Waals surface area contributed by atoms with Crippen LogP contribution in [-0.2, 0) is 9.59 Å². The Morgan fingerprint density at radius 3 is 2.44 bits per heavy atom. The van der Waals surface area contributed by atoms with Crippen molar-refractivity contribution in [3.05, 3.63) is 0 Å². The van der Waals surface area contributed by atoms with E-state index in [9.17, 15) is 9.59 Å². The predicted octanol–water partition coefficient (Wildman–Crippen LogP) is 0.385. The van der Waals surface area contributed by atoms with Gasteiger partial charge in [-0.25, -0.2) is 0 Å². The van der Waals surface area contributed by atoms with Gasteiger partial charge in [0.25, 0.3) is 0 Å². The number of rotatable bonds is 4. The summed E-state index contributed by atoms with van der Waals surface area (Å²) in [4.78, 5) is 25.1. The third-order valence-electron chi connectivity index (χ3n) is 4.05. The molecule has 1 atom stereocenters. The zero-order valence-electron chi connectivity index (χ0n) is 10.9. The molecule has 5 heteroatoms. The van der Waals surface area contributed by atoms with Crippen LogP contribution in [0.3, 0.4) is 0 Å². The minimum atomic E-state index is -0.392. The molecule has 3 N–H and O–H groups in total. The van der Waals surface area contributed by atoms with Gasteiger partial charge in [-0.15, -0.1) is 0 Å². The van der Waals surface area contributed by atoms with Crippen LogP contribution in [-0.4, -0.2) is 41.9 Å². The molecule has 0 aromatic carbocycles. The Bertz CT molecular complexity index is 313. The molecule has 2 aliphatic rings. The minimum absolute atomic E-state index is 0.0189. The quantitative estimate of drug-likeness (QED) is 0.761. The van der Waals surface area contributed by atoms with Crippen molar-refractivity contribution >= 4 is 11.8 Å². The zero-order valence-corrected chi connectivity index (χ0v) is 10.9. The number of likely N-dealkylation sites (tertiary alicyclic amines) is 1. The van der Waals surface area contributed by atoms with E-state index >= 15 is 0 Å². The maximum atomic E-state index is 12.1. The Kier molecular flexibility index (Phi) is 4.58. The van der Waals surface area contributed by atoms with Crippen LogP contribution < -0.4 is 11.1 Å². The van der Waals surface area contributed by atoms with E-state index in [4.69, 9.17) is 5.73 Å². The maximum Gasteiger partial charge on any atom is 0.240 e. The topological polar surface area (TPSA) is 75.4 Å². The van der Waals surface area contributed by atoms with Crippen molar-refractivity contribution < 1.29 is 9.59 Å². The second-order valence-electron chi connectivity index (χ2n) is 5.36. The Labute approximate surface area is 108 Å². The molecular formula is C13H23N3O2. The van der Waals surface area contributed by atoms with Crippen molar-refractivity contribution in [2.45, 2.75) is 57.0 Å². The minimum Gasteiger partial charge on any atom is -0.368 e. The number of nitrogens with one attached hydrogen (secondary N) is 1. The molecule has 1 saturated carbocycles. The summed E-state index contributed by atoms with van der Waals surface area (Å²) in [6.45, 7) is 1.01. The highest BCUT2D eigenvalue weighted by molar-refractivity contribution is 5.87. The molecule has 0 aromatic heterocycles. The highest BCUT2D eigenvalue weighted by Gasteiger charge is 2.30. The lowest BCUT2D eigenvalue weighted by Gasteiger charge is -2.34. The predicted molar refractivity (Wildman–Crippen MR) is 68.8 cm³/mol. The van der Waals surface area contributed by atoms with Gasteiger partial charge < -0.3 is 16.0 Å². The van der Waals surface area contributed by atoms with Gasteiger partial charge >= 0.3 is 0 Å². The van der Waals surface area contributed by atoms with E-state index in [0.717, 1.165) is 25.7 Å². The fourth-order valence-corrected chi connectivity index (χ4v) is 2.99. The molecular weight excluding hydrogens is 230 g/mol. The molecule has 1 heterocycles. The highest BCUT2D eigenvalue weighted by Crippen LogP contribution is 2.19. The number of piperidine rings is 1. The van der Waals surface area contributed by atoms with E-state index in [1.165, 1.54) is 12.8 Å². The van der Waals surface area contributed by atoms with Gasteiger partial charge in [0.15, 0.2) is 0 Å². The Morgan fingerprint density at radius 1 is 1.11 bits per heavy atom. The second kappa shape index (κ2) is 6.18. The standard InChI is InChI=1S/C13H23N3O2/c14-13(18)11-7-3-4-8-16(11)12(17)9-15-10-5-1-2-6-10/h10-11,15H,1-9H2,(H2,14,18). The molecule has 0 spiro atoms. The third-order valence-corrected chi connectivity index (χ3v) is 4.05. The molecule has 2 amide bonds. The number of carbonyl (C=O) groups is 2. The van der Waals surface area contributed by atoms with E-state index in [2.05, 4.69) is 5.32 Å². The lowest BCUT2D eigenvalue weighted by Crippen LogP contribution is -2.53. The number of carbonyl (C=O) groups excluding carboxylic acids is 2. The molecule has 102 valence electrons. The molecule has 5 nitrogen and oxygen atoms in total. The smallest absolute Gasteiger partial charge is 0.240 e. The van der Waals surface area contributed by atoms with Crippen LogP contribution in [0, 0.1) is 0 Å². The summed E-state index contributed by atoms with van der Waals surface area (Å²) in [5, 5.41) is 3.29. The van der Waals surface area contributed by atoms with Gasteiger partial charge in [-0.3, -0.25) is 9.59 Å². The van der Waals surface area contributed by atoms with Crippen molar-refractivity contribution in [1.82, 2.24) is 10.2 Å². The molecule has 0 radical (unpaired) electrons. The first-order valence-electron chi connectivity index (χ1n) is 7.00. The first-order chi connectivity index (χ1) is 8.68. The maximum absolute atomic E-state index is 12.1. The SMILES string of the molecule is NC(=O)C1CCCCN1C(=O)CNC1CCCC1. The average molecular weight is 253 g/mol. The summed E-state index contributed by atoms with van der Waals surface area (Å²) in [6, 6.07) is 0.0856. The van der Waals surface area contributed by atoms with E-state index in [1.807, 2.05) is 0 Å². The van der Waals surface area contributed by atoms with E-state index < -0.39 is 6.04 Å². The summed E-state index contributed by atoms with van der Waals surface area (Å²) in [5.41, 5.74) is 5.36. The van der Waals surface area contributed by atoms with Gasteiger partial charge in [-0.05, 0) is 32.1 Å². The number of nitrogens with zero attached hydrogens (tertiary/aromatic N) is 1. The van der Waals surface area contributed by atoms with Gasteiger partial charge in [0, 0.05) is 12.6 Å². The molecule has 1 aliphatic carbocycles. The van der Waals surface area contributed by atoms with Crippen LogP contribution >= 0.6 is 0 Å².